The molecule has 0 radical (unpaired) electrons. The van der Waals surface area contributed by atoms with Crippen molar-refractivity contribution in [2.75, 3.05) is 11.9 Å². The summed E-state index contributed by atoms with van der Waals surface area (Å²) in [7, 11) is 0. The minimum absolute atomic E-state index is 0.0834. The highest BCUT2D eigenvalue weighted by atomic mass is 79.9. The third kappa shape index (κ3) is 3.29. The van der Waals surface area contributed by atoms with Gasteiger partial charge in [0.1, 0.15) is 0 Å². The summed E-state index contributed by atoms with van der Waals surface area (Å²) < 4.78 is 0. The van der Waals surface area contributed by atoms with E-state index in [9.17, 15) is 4.79 Å². The fourth-order valence-electron chi connectivity index (χ4n) is 1.88. The van der Waals surface area contributed by atoms with Crippen molar-refractivity contribution in [3.05, 3.63) is 42.1 Å². The van der Waals surface area contributed by atoms with Crippen LogP contribution < -0.4 is 5.32 Å². The maximum atomic E-state index is 11.3. The normalized spacial score (nSPS) is 10.5. The molecule has 2 rings (SSSR count). The van der Waals surface area contributed by atoms with Gasteiger partial charge in [-0.15, -0.1) is 0 Å². The number of carbonyl (C=O) groups is 1. The Morgan fingerprint density at radius 2 is 2.11 bits per heavy atom. The molecule has 2 aromatic rings. The number of carbonyl (C=O) groups excluding carboxylic acids is 1. The van der Waals surface area contributed by atoms with Crippen LogP contribution in [0.5, 0.6) is 0 Å². The van der Waals surface area contributed by atoms with E-state index in [1.165, 1.54) is 5.56 Å². The molecular weight excluding hydrogens is 292 g/mol. The summed E-state index contributed by atoms with van der Waals surface area (Å²) in [6.07, 6.45) is 3.13. The van der Waals surface area contributed by atoms with E-state index in [0.29, 0.717) is 18.3 Å². The molecule has 1 aromatic heterocycles. The van der Waals surface area contributed by atoms with Crippen molar-refractivity contribution in [2.24, 2.45) is 0 Å². The van der Waals surface area contributed by atoms with Gasteiger partial charge in [0.25, 0.3) is 0 Å². The van der Waals surface area contributed by atoms with Crippen molar-refractivity contribution >= 4 is 32.7 Å². The highest BCUT2D eigenvalue weighted by Gasteiger charge is 2.03. The topological polar surface area (TPSA) is 42.0 Å². The van der Waals surface area contributed by atoms with Crippen LogP contribution in [0.3, 0.4) is 0 Å². The first kappa shape index (κ1) is 13.0. The molecule has 0 fully saturated rings. The number of rotatable bonds is 5. The van der Waals surface area contributed by atoms with Crippen LogP contribution in [0.25, 0.3) is 10.9 Å². The van der Waals surface area contributed by atoms with E-state index in [2.05, 4.69) is 44.4 Å². The molecule has 1 N–H and O–H groups in total. The number of halogens is 1. The lowest BCUT2D eigenvalue weighted by atomic mass is 10.1. The van der Waals surface area contributed by atoms with E-state index < -0.39 is 0 Å². The van der Waals surface area contributed by atoms with Crippen molar-refractivity contribution in [3.8, 4) is 0 Å². The fraction of sp³-hybridized carbons (Fsp3) is 0.286. The Morgan fingerprint density at radius 1 is 1.28 bits per heavy atom. The zero-order valence-electron chi connectivity index (χ0n) is 10.0. The average molecular weight is 307 g/mol. The molecular formula is C14H15BrN2O. The molecule has 0 aliphatic rings. The van der Waals surface area contributed by atoms with Gasteiger partial charge in [0.15, 0.2) is 0 Å². The Labute approximate surface area is 115 Å². The highest BCUT2D eigenvalue weighted by Crippen LogP contribution is 2.15. The predicted molar refractivity (Wildman–Crippen MR) is 76.9 cm³/mol. The van der Waals surface area contributed by atoms with Gasteiger partial charge in [-0.2, -0.15) is 0 Å². The van der Waals surface area contributed by atoms with Crippen LogP contribution in [-0.4, -0.2) is 22.8 Å². The zero-order chi connectivity index (χ0) is 12.8. The van der Waals surface area contributed by atoms with Gasteiger partial charge in [0.05, 0.1) is 5.52 Å². The van der Waals surface area contributed by atoms with E-state index in [4.69, 9.17) is 0 Å². The Kier molecular flexibility index (Phi) is 4.70. The van der Waals surface area contributed by atoms with Crippen molar-refractivity contribution < 1.29 is 4.79 Å². The zero-order valence-corrected chi connectivity index (χ0v) is 11.6. The van der Waals surface area contributed by atoms with E-state index in [0.717, 1.165) is 17.3 Å². The largest absolute Gasteiger partial charge is 0.356 e. The Bertz CT molecular complexity index is 537. The molecule has 1 aromatic carbocycles. The first-order valence-electron chi connectivity index (χ1n) is 5.96. The Hall–Kier alpha value is -1.42. The van der Waals surface area contributed by atoms with Crippen molar-refractivity contribution in [2.45, 2.75) is 12.8 Å². The molecule has 0 saturated heterocycles. The third-order valence-corrected chi connectivity index (χ3v) is 3.15. The molecule has 1 amide bonds. The number of aromatic nitrogens is 1. The molecule has 0 bridgehead atoms. The number of amides is 1. The molecule has 0 unspecified atom stereocenters. The van der Waals surface area contributed by atoms with Gasteiger partial charge in [0, 0.05) is 29.9 Å². The quantitative estimate of drug-likeness (QED) is 0.863. The van der Waals surface area contributed by atoms with Gasteiger partial charge in [0.2, 0.25) is 5.91 Å². The summed E-state index contributed by atoms with van der Waals surface area (Å²) in [4.78, 5) is 15.7. The monoisotopic (exact) mass is 306 g/mol. The second-order valence-electron chi connectivity index (χ2n) is 4.03. The Balaban J connectivity index is 2.01. The Morgan fingerprint density at radius 3 is 2.94 bits per heavy atom. The van der Waals surface area contributed by atoms with Gasteiger partial charge >= 0.3 is 0 Å². The van der Waals surface area contributed by atoms with Crippen molar-refractivity contribution in [3.63, 3.8) is 0 Å². The number of fused-ring (bicyclic) bond motifs is 1. The summed E-state index contributed by atoms with van der Waals surface area (Å²) in [6, 6.07) is 10.1. The minimum Gasteiger partial charge on any atom is -0.356 e. The number of hydrogen-bond acceptors (Lipinski definition) is 2. The SMILES string of the molecule is O=C(CCBr)NCCc1cccc2cccnc12. The van der Waals surface area contributed by atoms with E-state index in [-0.39, 0.29) is 5.91 Å². The highest BCUT2D eigenvalue weighted by molar-refractivity contribution is 9.09. The lowest BCUT2D eigenvalue weighted by molar-refractivity contribution is -0.120. The molecule has 0 saturated carbocycles. The number of para-hydroxylation sites is 1. The number of hydrogen-bond donors (Lipinski definition) is 1. The molecule has 4 heteroatoms. The number of pyridine rings is 1. The van der Waals surface area contributed by atoms with E-state index >= 15 is 0 Å². The molecule has 94 valence electrons. The summed E-state index contributed by atoms with van der Waals surface area (Å²) in [5.74, 6) is 0.0834. The van der Waals surface area contributed by atoms with Crippen LogP contribution in [0.4, 0.5) is 0 Å². The van der Waals surface area contributed by atoms with Crippen LogP contribution in [0.15, 0.2) is 36.5 Å². The number of benzene rings is 1. The second-order valence-corrected chi connectivity index (χ2v) is 4.82. The van der Waals surface area contributed by atoms with E-state index in [1.807, 2.05) is 12.1 Å². The fourth-order valence-corrected chi connectivity index (χ4v) is 2.24. The molecule has 1 heterocycles. The van der Waals surface area contributed by atoms with Crippen LogP contribution >= 0.6 is 15.9 Å². The first-order valence-corrected chi connectivity index (χ1v) is 7.08. The maximum absolute atomic E-state index is 11.3. The van der Waals surface area contributed by atoms with Gasteiger partial charge in [-0.3, -0.25) is 9.78 Å². The molecule has 0 atom stereocenters. The number of alkyl halides is 1. The smallest absolute Gasteiger partial charge is 0.220 e. The minimum atomic E-state index is 0.0834. The summed E-state index contributed by atoms with van der Waals surface area (Å²) >= 11 is 3.25. The van der Waals surface area contributed by atoms with Gasteiger partial charge in [-0.25, -0.2) is 0 Å². The molecule has 18 heavy (non-hydrogen) atoms. The van der Waals surface area contributed by atoms with Gasteiger partial charge < -0.3 is 5.32 Å². The third-order valence-electron chi connectivity index (χ3n) is 2.75. The van der Waals surface area contributed by atoms with Crippen molar-refractivity contribution in [1.82, 2.24) is 10.3 Å². The average Bonchev–Trinajstić information content (AvgIpc) is 2.39. The lowest BCUT2D eigenvalue weighted by Crippen LogP contribution is -2.25. The molecule has 3 nitrogen and oxygen atoms in total. The molecule has 0 spiro atoms. The summed E-state index contributed by atoms with van der Waals surface area (Å²) in [5.41, 5.74) is 2.20. The lowest BCUT2D eigenvalue weighted by Gasteiger charge is -2.06. The first-order chi connectivity index (χ1) is 8.81. The summed E-state index contributed by atoms with van der Waals surface area (Å²) in [5, 5.41) is 4.74. The van der Waals surface area contributed by atoms with Crippen LogP contribution in [-0.2, 0) is 11.2 Å². The molecule has 0 aliphatic carbocycles. The number of nitrogens with one attached hydrogen (secondary N) is 1. The molecule has 0 aliphatic heterocycles. The number of nitrogens with zero attached hydrogens (tertiary/aromatic N) is 1. The van der Waals surface area contributed by atoms with Crippen molar-refractivity contribution in [1.29, 1.82) is 0 Å². The maximum Gasteiger partial charge on any atom is 0.220 e. The van der Waals surface area contributed by atoms with Gasteiger partial charge in [-0.1, -0.05) is 40.2 Å². The van der Waals surface area contributed by atoms with Crippen LogP contribution in [0.2, 0.25) is 0 Å². The predicted octanol–water partition coefficient (Wildman–Crippen LogP) is 2.68. The second kappa shape index (κ2) is 6.50. The van der Waals surface area contributed by atoms with E-state index in [1.54, 1.807) is 6.20 Å². The van der Waals surface area contributed by atoms with Gasteiger partial charge in [-0.05, 0) is 18.1 Å². The van der Waals surface area contributed by atoms with Crippen LogP contribution in [0, 0.1) is 0 Å². The van der Waals surface area contributed by atoms with Crippen LogP contribution in [0.1, 0.15) is 12.0 Å². The summed E-state index contributed by atoms with van der Waals surface area (Å²) in [6.45, 7) is 0.654. The standard InChI is InChI=1S/C14H15BrN2O/c15-8-6-13(18)16-10-7-12-4-1-3-11-5-2-9-17-14(11)12/h1-5,9H,6-8,10H2,(H,16,18).